The number of anilines is 1. The Balaban J connectivity index is 2.56. The molecule has 114 valence electrons. The topological polar surface area (TPSA) is 3.24 Å². The summed E-state index contributed by atoms with van der Waals surface area (Å²) in [6, 6.07) is 2.09. The lowest BCUT2D eigenvalue weighted by atomic mass is 9.94. The monoisotopic (exact) mass is 323 g/mol. The molecule has 0 aromatic heterocycles. The Morgan fingerprint density at radius 2 is 1.95 bits per heavy atom. The molecule has 1 aliphatic carbocycles. The third-order valence-electron chi connectivity index (χ3n) is 3.91. The maximum absolute atomic E-state index is 6.69. The summed E-state index contributed by atoms with van der Waals surface area (Å²) in [6.07, 6.45) is 8.76. The zero-order valence-electron chi connectivity index (χ0n) is 13.3. The van der Waals surface area contributed by atoms with Gasteiger partial charge in [-0.3, -0.25) is 0 Å². The molecule has 2 rings (SSSR count). The second kappa shape index (κ2) is 6.89. The molecular weight excluding hydrogens is 301 g/mol. The zero-order valence-corrected chi connectivity index (χ0v) is 14.8. The van der Waals surface area contributed by atoms with Crippen molar-refractivity contribution in [3.8, 4) is 0 Å². The van der Waals surface area contributed by atoms with E-state index >= 15 is 0 Å². The number of allylic oxidation sites excluding steroid dienone is 4. The van der Waals surface area contributed by atoms with Crippen molar-refractivity contribution in [3.63, 3.8) is 0 Å². The summed E-state index contributed by atoms with van der Waals surface area (Å²) in [5, 5.41) is 1.53. The molecule has 0 heterocycles. The summed E-state index contributed by atoms with van der Waals surface area (Å²) in [6.45, 7) is 4.34. The molecule has 3 heteroatoms. The second-order valence-electron chi connectivity index (χ2n) is 5.87. The van der Waals surface area contributed by atoms with Crippen molar-refractivity contribution in [2.45, 2.75) is 39.5 Å². The maximum Gasteiger partial charge on any atom is 0.0743 e. The first-order valence-electron chi connectivity index (χ1n) is 7.51. The summed E-state index contributed by atoms with van der Waals surface area (Å²) < 4.78 is 0. The first-order chi connectivity index (χ1) is 9.95. The minimum atomic E-state index is 0.728. The lowest BCUT2D eigenvalue weighted by Gasteiger charge is -2.22. The number of nitrogens with zero attached hydrogens (tertiary/aromatic N) is 1. The van der Waals surface area contributed by atoms with Gasteiger partial charge in [-0.15, -0.1) is 0 Å². The van der Waals surface area contributed by atoms with E-state index in [9.17, 15) is 0 Å². The molecule has 0 atom stereocenters. The predicted octanol–water partition coefficient (Wildman–Crippen LogP) is 6.14. The molecule has 1 aliphatic rings. The van der Waals surface area contributed by atoms with E-state index < -0.39 is 0 Å². The Morgan fingerprint density at radius 1 is 1.24 bits per heavy atom. The molecule has 0 aliphatic heterocycles. The zero-order chi connectivity index (χ0) is 15.6. The second-order valence-corrected chi connectivity index (χ2v) is 6.65. The van der Waals surface area contributed by atoms with E-state index in [2.05, 4.69) is 32.1 Å². The van der Waals surface area contributed by atoms with Gasteiger partial charge in [0.1, 0.15) is 0 Å². The Labute approximate surface area is 138 Å². The molecule has 1 aromatic rings. The standard InChI is InChI=1S/C18H23Cl2N/c1-5-6-7-14-15(13-9-8-12(2)10-13)11-16(19)18(17(14)20)21(3)4/h8,10-11H,5-7,9H2,1-4H3. The van der Waals surface area contributed by atoms with Crippen LogP contribution >= 0.6 is 23.2 Å². The normalized spacial score (nSPS) is 14.2. The van der Waals surface area contributed by atoms with E-state index in [-0.39, 0.29) is 0 Å². The first-order valence-corrected chi connectivity index (χ1v) is 8.27. The van der Waals surface area contributed by atoms with Crippen molar-refractivity contribution in [1.82, 2.24) is 0 Å². The molecule has 1 aromatic carbocycles. The first kappa shape index (κ1) is 16.5. The lowest BCUT2D eigenvalue weighted by molar-refractivity contribution is 0.793. The number of rotatable bonds is 5. The molecule has 0 radical (unpaired) electrons. The van der Waals surface area contributed by atoms with Crippen LogP contribution in [0.15, 0.2) is 23.8 Å². The average molecular weight is 324 g/mol. The van der Waals surface area contributed by atoms with Crippen molar-refractivity contribution in [1.29, 1.82) is 0 Å². The SMILES string of the molecule is CCCCc1c(C2=CC(C)=CC2)cc(Cl)c(N(C)C)c1Cl. The summed E-state index contributed by atoms with van der Waals surface area (Å²) >= 11 is 13.2. The molecule has 0 unspecified atom stereocenters. The Hall–Kier alpha value is -0.920. The Bertz CT molecular complexity index is 598. The van der Waals surface area contributed by atoms with E-state index in [1.165, 1.54) is 22.3 Å². The molecule has 1 nitrogen and oxygen atoms in total. The third-order valence-corrected chi connectivity index (χ3v) is 4.61. The molecule has 0 saturated heterocycles. The fourth-order valence-corrected chi connectivity index (χ4v) is 3.68. The molecule has 0 bridgehead atoms. The number of unbranched alkanes of at least 4 members (excludes halogenated alkanes) is 1. The summed E-state index contributed by atoms with van der Waals surface area (Å²) in [5.74, 6) is 0. The van der Waals surface area contributed by atoms with Crippen LogP contribution in [0.4, 0.5) is 5.69 Å². The van der Waals surface area contributed by atoms with Crippen molar-refractivity contribution < 1.29 is 0 Å². The van der Waals surface area contributed by atoms with Gasteiger partial charge in [0.05, 0.1) is 15.7 Å². The molecule has 0 fully saturated rings. The third kappa shape index (κ3) is 3.46. The minimum Gasteiger partial charge on any atom is -0.375 e. The van der Waals surface area contributed by atoms with Gasteiger partial charge in [0.2, 0.25) is 0 Å². The smallest absolute Gasteiger partial charge is 0.0743 e. The van der Waals surface area contributed by atoms with E-state index in [1.807, 2.05) is 19.0 Å². The number of halogens is 2. The van der Waals surface area contributed by atoms with Crippen LogP contribution in [-0.2, 0) is 6.42 Å². The molecule has 0 amide bonds. The molecule has 21 heavy (non-hydrogen) atoms. The highest BCUT2D eigenvalue weighted by Crippen LogP contribution is 2.42. The van der Waals surface area contributed by atoms with Crippen LogP contribution in [0.2, 0.25) is 10.0 Å². The van der Waals surface area contributed by atoms with Crippen molar-refractivity contribution in [3.05, 3.63) is 45.0 Å². The van der Waals surface area contributed by atoms with Gasteiger partial charge in [-0.2, -0.15) is 0 Å². The maximum atomic E-state index is 6.69. The van der Waals surface area contributed by atoms with Crippen LogP contribution in [0.1, 0.15) is 44.2 Å². The van der Waals surface area contributed by atoms with Crippen LogP contribution in [0, 0.1) is 0 Å². The van der Waals surface area contributed by atoms with Gasteiger partial charge in [0.25, 0.3) is 0 Å². The van der Waals surface area contributed by atoms with E-state index in [4.69, 9.17) is 23.2 Å². The van der Waals surface area contributed by atoms with E-state index in [1.54, 1.807) is 0 Å². The van der Waals surface area contributed by atoms with Gasteiger partial charge >= 0.3 is 0 Å². The van der Waals surface area contributed by atoms with Crippen LogP contribution < -0.4 is 4.90 Å². The quantitative estimate of drug-likeness (QED) is 0.629. The molecular formula is C18H23Cl2N. The highest BCUT2D eigenvalue weighted by Gasteiger charge is 2.20. The fraction of sp³-hybridized carbons (Fsp3) is 0.444. The highest BCUT2D eigenvalue weighted by molar-refractivity contribution is 6.40. The summed E-state index contributed by atoms with van der Waals surface area (Å²) in [5.41, 5.74) is 6.03. The average Bonchev–Trinajstić information content (AvgIpc) is 2.83. The molecule has 0 N–H and O–H groups in total. The molecule has 0 spiro atoms. The van der Waals surface area contributed by atoms with Crippen LogP contribution in [-0.4, -0.2) is 14.1 Å². The molecule has 0 saturated carbocycles. The summed E-state index contributed by atoms with van der Waals surface area (Å²) in [4.78, 5) is 2.00. The van der Waals surface area contributed by atoms with Crippen LogP contribution in [0.25, 0.3) is 5.57 Å². The van der Waals surface area contributed by atoms with Crippen molar-refractivity contribution >= 4 is 34.5 Å². The van der Waals surface area contributed by atoms with Gasteiger partial charge < -0.3 is 4.90 Å². The number of hydrogen-bond acceptors (Lipinski definition) is 1. The van der Waals surface area contributed by atoms with Gasteiger partial charge in [-0.1, -0.05) is 54.3 Å². The highest BCUT2D eigenvalue weighted by atomic mass is 35.5. The van der Waals surface area contributed by atoms with Crippen molar-refractivity contribution in [2.24, 2.45) is 0 Å². The van der Waals surface area contributed by atoms with E-state index in [0.717, 1.165) is 41.4 Å². The minimum absolute atomic E-state index is 0.728. The fourth-order valence-electron chi connectivity index (χ4n) is 2.79. The summed E-state index contributed by atoms with van der Waals surface area (Å²) in [7, 11) is 3.97. The van der Waals surface area contributed by atoms with Gasteiger partial charge in [-0.25, -0.2) is 0 Å². The lowest BCUT2D eigenvalue weighted by Crippen LogP contribution is -2.12. The predicted molar refractivity (Wildman–Crippen MR) is 95.8 cm³/mol. The Morgan fingerprint density at radius 3 is 2.48 bits per heavy atom. The number of hydrogen-bond donors (Lipinski definition) is 0. The largest absolute Gasteiger partial charge is 0.375 e. The van der Waals surface area contributed by atoms with Gasteiger partial charge in [-0.05, 0) is 49.0 Å². The van der Waals surface area contributed by atoms with Gasteiger partial charge in [0.15, 0.2) is 0 Å². The van der Waals surface area contributed by atoms with E-state index in [0.29, 0.717) is 0 Å². The van der Waals surface area contributed by atoms with Crippen molar-refractivity contribution in [2.75, 3.05) is 19.0 Å². The van der Waals surface area contributed by atoms with Crippen LogP contribution in [0.3, 0.4) is 0 Å². The van der Waals surface area contributed by atoms with Crippen LogP contribution in [0.5, 0.6) is 0 Å². The van der Waals surface area contributed by atoms with Gasteiger partial charge in [0, 0.05) is 14.1 Å². The Kier molecular flexibility index (Phi) is 5.40. The number of benzene rings is 1.